The second-order valence-electron chi connectivity index (χ2n) is 3.81. The summed E-state index contributed by atoms with van der Waals surface area (Å²) < 4.78 is 65.8. The first kappa shape index (κ1) is 14.9. The predicted octanol–water partition coefficient (Wildman–Crippen LogP) is 3.67. The summed E-state index contributed by atoms with van der Waals surface area (Å²) in [4.78, 5) is -0.185. The molecule has 0 amide bonds. The molecular weight excluding hydrogens is 359 g/mol. The summed E-state index contributed by atoms with van der Waals surface area (Å²) in [5.41, 5.74) is -0.925. The Morgan fingerprint density at radius 1 is 1.00 bits per heavy atom. The average Bonchev–Trinajstić information content (AvgIpc) is 2.34. The van der Waals surface area contributed by atoms with Gasteiger partial charge >= 0.3 is 0 Å². The molecule has 0 aliphatic carbocycles. The van der Waals surface area contributed by atoms with Gasteiger partial charge in [-0.25, -0.2) is 21.6 Å². The molecule has 20 heavy (non-hydrogen) atoms. The van der Waals surface area contributed by atoms with Crippen LogP contribution in [0.3, 0.4) is 0 Å². The number of rotatable bonds is 3. The number of sulfonamides is 1. The smallest absolute Gasteiger partial charge is 0.262 e. The topological polar surface area (TPSA) is 46.2 Å². The summed E-state index contributed by atoms with van der Waals surface area (Å²) in [5.74, 6) is -3.80. The number of hydrogen-bond acceptors (Lipinski definition) is 2. The summed E-state index contributed by atoms with van der Waals surface area (Å²) >= 11 is 3.09. The Labute approximate surface area is 121 Å². The van der Waals surface area contributed by atoms with Crippen molar-refractivity contribution in [3.8, 4) is 0 Å². The van der Waals surface area contributed by atoms with Crippen molar-refractivity contribution in [1.29, 1.82) is 0 Å². The molecule has 0 aliphatic heterocycles. The van der Waals surface area contributed by atoms with Gasteiger partial charge in [-0.15, -0.1) is 0 Å². The van der Waals surface area contributed by atoms with E-state index in [1.807, 2.05) is 0 Å². The molecule has 1 N–H and O–H groups in total. The van der Waals surface area contributed by atoms with Gasteiger partial charge in [0.15, 0.2) is 11.6 Å². The van der Waals surface area contributed by atoms with Crippen LogP contribution >= 0.6 is 15.9 Å². The molecule has 0 heterocycles. The van der Waals surface area contributed by atoms with Crippen LogP contribution in [0.5, 0.6) is 0 Å². The Balaban J connectivity index is 2.44. The van der Waals surface area contributed by atoms with Gasteiger partial charge in [-0.1, -0.05) is 22.0 Å². The maximum atomic E-state index is 13.4. The molecule has 0 radical (unpaired) electrons. The highest BCUT2D eigenvalue weighted by Crippen LogP contribution is 2.24. The van der Waals surface area contributed by atoms with Crippen LogP contribution in [0.2, 0.25) is 0 Å². The molecule has 0 aliphatic rings. The van der Waals surface area contributed by atoms with E-state index in [2.05, 4.69) is 15.9 Å². The van der Waals surface area contributed by atoms with Crippen molar-refractivity contribution in [2.45, 2.75) is 4.90 Å². The maximum Gasteiger partial charge on any atom is 0.262 e. The summed E-state index contributed by atoms with van der Waals surface area (Å²) in [7, 11) is -4.18. The second-order valence-corrected chi connectivity index (χ2v) is 6.41. The molecular formula is C12H7BrF3NO2S. The molecule has 0 unspecified atom stereocenters. The highest BCUT2D eigenvalue weighted by atomic mass is 79.9. The highest BCUT2D eigenvalue weighted by Gasteiger charge is 2.20. The van der Waals surface area contributed by atoms with E-state index < -0.39 is 33.2 Å². The highest BCUT2D eigenvalue weighted by molar-refractivity contribution is 9.10. The van der Waals surface area contributed by atoms with Crippen molar-refractivity contribution in [2.24, 2.45) is 0 Å². The van der Waals surface area contributed by atoms with Crippen LogP contribution in [0.4, 0.5) is 18.9 Å². The molecule has 0 spiro atoms. The van der Waals surface area contributed by atoms with Crippen molar-refractivity contribution >= 4 is 31.6 Å². The van der Waals surface area contributed by atoms with Gasteiger partial charge in [-0.05, 0) is 18.2 Å². The maximum absolute atomic E-state index is 13.4. The van der Waals surface area contributed by atoms with E-state index in [1.54, 1.807) is 10.8 Å². The zero-order chi connectivity index (χ0) is 14.9. The third-order valence-corrected chi connectivity index (χ3v) is 4.19. The van der Waals surface area contributed by atoms with Gasteiger partial charge in [-0.3, -0.25) is 4.72 Å². The van der Waals surface area contributed by atoms with E-state index in [0.717, 1.165) is 0 Å². The van der Waals surface area contributed by atoms with Crippen molar-refractivity contribution in [3.05, 3.63) is 58.3 Å². The molecule has 8 heteroatoms. The Morgan fingerprint density at radius 2 is 1.60 bits per heavy atom. The van der Waals surface area contributed by atoms with Crippen molar-refractivity contribution in [2.75, 3.05) is 4.72 Å². The Hall–Kier alpha value is -1.54. The molecule has 2 rings (SSSR count). The largest absolute Gasteiger partial charge is 0.274 e. The third kappa shape index (κ3) is 3.13. The zero-order valence-corrected chi connectivity index (χ0v) is 12.1. The van der Waals surface area contributed by atoms with Gasteiger partial charge in [0, 0.05) is 16.6 Å². The van der Waals surface area contributed by atoms with E-state index in [1.165, 1.54) is 18.2 Å². The van der Waals surface area contributed by atoms with Gasteiger partial charge in [0.05, 0.1) is 4.90 Å². The SMILES string of the molecule is O=S(=O)(Nc1c(F)cc(F)cc1F)c1cccc(Br)c1. The van der Waals surface area contributed by atoms with Crippen molar-refractivity contribution in [1.82, 2.24) is 0 Å². The Bertz CT molecular complexity index is 742. The number of benzene rings is 2. The van der Waals surface area contributed by atoms with Crippen LogP contribution in [-0.2, 0) is 10.0 Å². The molecule has 2 aromatic rings. The van der Waals surface area contributed by atoms with Crippen LogP contribution in [-0.4, -0.2) is 8.42 Å². The lowest BCUT2D eigenvalue weighted by Gasteiger charge is -2.10. The van der Waals surface area contributed by atoms with E-state index in [4.69, 9.17) is 0 Å². The van der Waals surface area contributed by atoms with Gasteiger partial charge in [0.1, 0.15) is 11.5 Å². The van der Waals surface area contributed by atoms with Gasteiger partial charge in [0.2, 0.25) is 0 Å². The average molecular weight is 366 g/mol. The molecule has 0 fully saturated rings. The quantitative estimate of drug-likeness (QED) is 0.901. The second kappa shape index (κ2) is 5.45. The van der Waals surface area contributed by atoms with Crippen LogP contribution in [0.25, 0.3) is 0 Å². The molecule has 0 saturated heterocycles. The summed E-state index contributed by atoms with van der Waals surface area (Å²) in [6, 6.07) is 6.35. The van der Waals surface area contributed by atoms with E-state index in [-0.39, 0.29) is 4.90 Å². The van der Waals surface area contributed by atoms with E-state index >= 15 is 0 Å². The Kier molecular flexibility index (Phi) is 4.05. The molecule has 0 aromatic heterocycles. The first-order valence-corrected chi connectivity index (χ1v) is 7.50. The minimum absolute atomic E-state index is 0.185. The molecule has 0 saturated carbocycles. The lowest BCUT2D eigenvalue weighted by Crippen LogP contribution is -2.15. The molecule has 2 aromatic carbocycles. The van der Waals surface area contributed by atoms with E-state index in [9.17, 15) is 21.6 Å². The van der Waals surface area contributed by atoms with Crippen LogP contribution < -0.4 is 4.72 Å². The minimum atomic E-state index is -4.18. The van der Waals surface area contributed by atoms with Crippen LogP contribution in [0.15, 0.2) is 45.8 Å². The fourth-order valence-electron chi connectivity index (χ4n) is 1.47. The van der Waals surface area contributed by atoms with Gasteiger partial charge < -0.3 is 0 Å². The first-order valence-electron chi connectivity index (χ1n) is 5.22. The monoisotopic (exact) mass is 365 g/mol. The molecule has 106 valence electrons. The van der Waals surface area contributed by atoms with Crippen molar-refractivity contribution in [3.63, 3.8) is 0 Å². The molecule has 0 atom stereocenters. The van der Waals surface area contributed by atoms with E-state index in [0.29, 0.717) is 16.6 Å². The summed E-state index contributed by atoms with van der Waals surface area (Å²) in [5, 5.41) is 0. The lowest BCUT2D eigenvalue weighted by atomic mass is 10.3. The number of hydrogen-bond donors (Lipinski definition) is 1. The van der Waals surface area contributed by atoms with Gasteiger partial charge in [0.25, 0.3) is 10.0 Å². The number of nitrogens with one attached hydrogen (secondary N) is 1. The standard InChI is InChI=1S/C12H7BrF3NO2S/c13-7-2-1-3-9(4-7)20(18,19)17-12-10(15)5-8(14)6-11(12)16/h1-6,17H. The number of halogens is 4. The normalized spacial score (nSPS) is 11.4. The fourth-order valence-corrected chi connectivity index (χ4v) is 3.14. The summed E-state index contributed by atoms with van der Waals surface area (Å²) in [6.07, 6.45) is 0. The molecule has 0 bridgehead atoms. The zero-order valence-electron chi connectivity index (χ0n) is 9.70. The fraction of sp³-hybridized carbons (Fsp3) is 0. The van der Waals surface area contributed by atoms with Gasteiger partial charge in [-0.2, -0.15) is 0 Å². The number of anilines is 1. The van der Waals surface area contributed by atoms with Crippen LogP contribution in [0, 0.1) is 17.5 Å². The molecule has 3 nitrogen and oxygen atoms in total. The first-order chi connectivity index (χ1) is 9.29. The minimum Gasteiger partial charge on any atom is -0.274 e. The van der Waals surface area contributed by atoms with Crippen LogP contribution in [0.1, 0.15) is 0 Å². The third-order valence-electron chi connectivity index (χ3n) is 2.35. The predicted molar refractivity (Wildman–Crippen MR) is 71.3 cm³/mol. The summed E-state index contributed by atoms with van der Waals surface area (Å²) in [6.45, 7) is 0. The Morgan fingerprint density at radius 3 is 2.15 bits per heavy atom. The van der Waals surface area contributed by atoms with Crippen molar-refractivity contribution < 1.29 is 21.6 Å². The lowest BCUT2D eigenvalue weighted by molar-refractivity contribution is 0.547.